The molecule has 4 heteroatoms. The highest BCUT2D eigenvalue weighted by atomic mass is 16.3. The summed E-state index contributed by atoms with van der Waals surface area (Å²) >= 11 is 0. The van der Waals surface area contributed by atoms with Crippen molar-refractivity contribution in [3.63, 3.8) is 0 Å². The Bertz CT molecular complexity index is 645. The van der Waals surface area contributed by atoms with Crippen molar-refractivity contribution in [3.05, 3.63) is 71.8 Å². The third kappa shape index (κ3) is 3.60. The minimum Gasteiger partial charge on any atom is -0.378 e. The molecule has 3 rings (SSSR count). The minimum absolute atomic E-state index is 0.00765. The van der Waals surface area contributed by atoms with Crippen LogP contribution in [0.4, 0.5) is 0 Å². The van der Waals surface area contributed by atoms with Crippen LogP contribution >= 0.6 is 0 Å². The molecule has 120 valence electrons. The van der Waals surface area contributed by atoms with Crippen LogP contribution in [-0.4, -0.2) is 42.1 Å². The second-order valence-corrected chi connectivity index (χ2v) is 6.17. The van der Waals surface area contributed by atoms with Gasteiger partial charge >= 0.3 is 0 Å². The smallest absolute Gasteiger partial charge is 0.253 e. The molecule has 0 aliphatic carbocycles. The number of nitrogens with zero attached hydrogens (tertiary/aromatic N) is 1. The number of benzene rings is 2. The molecule has 0 unspecified atom stereocenters. The van der Waals surface area contributed by atoms with Crippen LogP contribution in [0.2, 0.25) is 0 Å². The van der Waals surface area contributed by atoms with Gasteiger partial charge in [0.2, 0.25) is 0 Å². The first-order chi connectivity index (χ1) is 11.1. The van der Waals surface area contributed by atoms with Gasteiger partial charge in [-0.25, -0.2) is 0 Å². The van der Waals surface area contributed by atoms with E-state index in [-0.39, 0.29) is 17.9 Å². The van der Waals surface area contributed by atoms with E-state index < -0.39 is 6.10 Å². The fourth-order valence-electron chi connectivity index (χ4n) is 3.23. The van der Waals surface area contributed by atoms with E-state index in [1.54, 1.807) is 12.1 Å². The van der Waals surface area contributed by atoms with Gasteiger partial charge in [-0.15, -0.1) is 0 Å². The van der Waals surface area contributed by atoms with E-state index in [1.165, 1.54) is 5.56 Å². The van der Waals surface area contributed by atoms with E-state index in [4.69, 9.17) is 0 Å². The first-order valence-corrected chi connectivity index (χ1v) is 7.92. The van der Waals surface area contributed by atoms with Crippen molar-refractivity contribution < 1.29 is 9.90 Å². The van der Waals surface area contributed by atoms with Crippen molar-refractivity contribution >= 4 is 5.91 Å². The molecule has 0 bridgehead atoms. The average molecular weight is 310 g/mol. The van der Waals surface area contributed by atoms with Gasteiger partial charge in [0.15, 0.2) is 6.10 Å². The Balaban J connectivity index is 1.72. The SMILES string of the molecule is CN1C[C@H](NC(=O)[C@@H](O)c2ccccc2)[C@H](c2ccccc2)C1. The van der Waals surface area contributed by atoms with Gasteiger partial charge in [0, 0.05) is 25.0 Å². The van der Waals surface area contributed by atoms with Crippen molar-refractivity contribution in [2.45, 2.75) is 18.1 Å². The summed E-state index contributed by atoms with van der Waals surface area (Å²) in [5.41, 5.74) is 1.84. The van der Waals surface area contributed by atoms with Gasteiger partial charge in [-0.3, -0.25) is 4.79 Å². The monoisotopic (exact) mass is 310 g/mol. The molecule has 1 aliphatic heterocycles. The number of likely N-dealkylation sites (tertiary alicyclic amines) is 1. The fourth-order valence-corrected chi connectivity index (χ4v) is 3.23. The Morgan fingerprint density at radius 3 is 2.35 bits per heavy atom. The molecule has 1 amide bonds. The molecule has 0 radical (unpaired) electrons. The van der Waals surface area contributed by atoms with Crippen LogP contribution in [-0.2, 0) is 4.79 Å². The maximum Gasteiger partial charge on any atom is 0.253 e. The number of nitrogens with one attached hydrogen (secondary N) is 1. The highest BCUT2D eigenvalue weighted by Crippen LogP contribution is 2.27. The molecular formula is C19H22N2O2. The van der Waals surface area contributed by atoms with E-state index in [2.05, 4.69) is 29.4 Å². The molecule has 1 aliphatic rings. The van der Waals surface area contributed by atoms with Gasteiger partial charge in [-0.2, -0.15) is 0 Å². The highest BCUT2D eigenvalue weighted by Gasteiger charge is 2.34. The number of carbonyl (C=O) groups excluding carboxylic acids is 1. The lowest BCUT2D eigenvalue weighted by Gasteiger charge is -2.22. The zero-order valence-corrected chi connectivity index (χ0v) is 13.2. The molecule has 3 atom stereocenters. The van der Waals surface area contributed by atoms with Gasteiger partial charge < -0.3 is 15.3 Å². The van der Waals surface area contributed by atoms with Crippen molar-refractivity contribution in [1.82, 2.24) is 10.2 Å². The third-order valence-electron chi connectivity index (χ3n) is 4.42. The topological polar surface area (TPSA) is 52.6 Å². The second kappa shape index (κ2) is 6.94. The van der Waals surface area contributed by atoms with Crippen LogP contribution in [0.15, 0.2) is 60.7 Å². The van der Waals surface area contributed by atoms with E-state index in [0.717, 1.165) is 13.1 Å². The maximum atomic E-state index is 12.4. The third-order valence-corrected chi connectivity index (χ3v) is 4.42. The summed E-state index contributed by atoms with van der Waals surface area (Å²) in [5.74, 6) is -0.0921. The number of amides is 1. The molecule has 23 heavy (non-hydrogen) atoms. The van der Waals surface area contributed by atoms with E-state index in [1.807, 2.05) is 36.4 Å². The molecule has 2 N–H and O–H groups in total. The first kappa shape index (κ1) is 15.7. The number of hydrogen-bond donors (Lipinski definition) is 2. The van der Waals surface area contributed by atoms with Gasteiger partial charge in [0.25, 0.3) is 5.91 Å². The van der Waals surface area contributed by atoms with Crippen molar-refractivity contribution in [1.29, 1.82) is 0 Å². The zero-order chi connectivity index (χ0) is 16.2. The number of likely N-dealkylation sites (N-methyl/N-ethyl adjacent to an activating group) is 1. The lowest BCUT2D eigenvalue weighted by Crippen LogP contribution is -2.42. The van der Waals surface area contributed by atoms with E-state index in [9.17, 15) is 9.90 Å². The molecule has 0 saturated carbocycles. The molecule has 1 fully saturated rings. The normalized spacial score (nSPS) is 22.7. The highest BCUT2D eigenvalue weighted by molar-refractivity contribution is 5.82. The summed E-state index contributed by atoms with van der Waals surface area (Å²) in [6, 6.07) is 19.3. The second-order valence-electron chi connectivity index (χ2n) is 6.17. The lowest BCUT2D eigenvalue weighted by molar-refractivity contribution is -0.130. The van der Waals surface area contributed by atoms with Crippen molar-refractivity contribution in [2.75, 3.05) is 20.1 Å². The predicted octanol–water partition coefficient (Wildman–Crippen LogP) is 1.93. The molecule has 0 aromatic heterocycles. The van der Waals surface area contributed by atoms with Crippen molar-refractivity contribution in [3.8, 4) is 0 Å². The number of aliphatic hydroxyl groups excluding tert-OH is 1. The Hall–Kier alpha value is -2.17. The summed E-state index contributed by atoms with van der Waals surface area (Å²) in [6.07, 6.45) is -1.13. The molecule has 1 saturated heterocycles. The maximum absolute atomic E-state index is 12.4. The number of rotatable bonds is 4. The van der Waals surface area contributed by atoms with Crippen LogP contribution in [0.1, 0.15) is 23.1 Å². The Kier molecular flexibility index (Phi) is 4.74. The van der Waals surface area contributed by atoms with Gasteiger partial charge in [0.1, 0.15) is 0 Å². The summed E-state index contributed by atoms with van der Waals surface area (Å²) in [7, 11) is 2.05. The average Bonchev–Trinajstić information content (AvgIpc) is 2.96. The van der Waals surface area contributed by atoms with Gasteiger partial charge in [0.05, 0.1) is 0 Å². The number of carbonyl (C=O) groups is 1. The quantitative estimate of drug-likeness (QED) is 0.907. The van der Waals surface area contributed by atoms with Crippen molar-refractivity contribution in [2.24, 2.45) is 0 Å². The summed E-state index contributed by atoms with van der Waals surface area (Å²) in [4.78, 5) is 14.6. The Labute approximate surface area is 136 Å². The van der Waals surface area contributed by atoms with Crippen LogP contribution in [0.25, 0.3) is 0 Å². The van der Waals surface area contributed by atoms with Crippen LogP contribution < -0.4 is 5.32 Å². The van der Waals surface area contributed by atoms with Crippen LogP contribution in [0.3, 0.4) is 0 Å². The molecule has 2 aromatic rings. The number of hydrogen-bond acceptors (Lipinski definition) is 3. The molecule has 0 spiro atoms. The molecule has 4 nitrogen and oxygen atoms in total. The lowest BCUT2D eigenvalue weighted by atomic mass is 9.94. The Morgan fingerprint density at radius 1 is 1.09 bits per heavy atom. The molecule has 1 heterocycles. The molecular weight excluding hydrogens is 288 g/mol. The van der Waals surface area contributed by atoms with Crippen LogP contribution in [0.5, 0.6) is 0 Å². The fraction of sp³-hybridized carbons (Fsp3) is 0.316. The van der Waals surface area contributed by atoms with Gasteiger partial charge in [-0.05, 0) is 18.2 Å². The summed E-state index contributed by atoms with van der Waals surface area (Å²) < 4.78 is 0. The summed E-state index contributed by atoms with van der Waals surface area (Å²) in [5, 5.41) is 13.3. The first-order valence-electron chi connectivity index (χ1n) is 7.92. The largest absolute Gasteiger partial charge is 0.378 e. The predicted molar refractivity (Wildman–Crippen MR) is 90.0 cm³/mol. The number of aliphatic hydroxyl groups is 1. The summed E-state index contributed by atoms with van der Waals surface area (Å²) in [6.45, 7) is 1.68. The van der Waals surface area contributed by atoms with Crippen LogP contribution in [0, 0.1) is 0 Å². The van der Waals surface area contributed by atoms with E-state index in [0.29, 0.717) is 5.56 Å². The zero-order valence-electron chi connectivity index (χ0n) is 13.2. The standard InChI is InChI=1S/C19H22N2O2/c1-21-12-16(14-8-4-2-5-9-14)17(13-21)20-19(23)18(22)15-10-6-3-7-11-15/h2-11,16-18,22H,12-13H2,1H3,(H,20,23)/t16-,17-,18-/m0/s1. The van der Waals surface area contributed by atoms with Gasteiger partial charge in [-0.1, -0.05) is 60.7 Å². The minimum atomic E-state index is -1.13. The Morgan fingerprint density at radius 2 is 1.70 bits per heavy atom. The molecule has 2 aromatic carbocycles. The van der Waals surface area contributed by atoms with E-state index >= 15 is 0 Å².